The number of nitrogens with one attached hydrogen (secondary N) is 1. The molecule has 0 saturated heterocycles. The van der Waals surface area contributed by atoms with Gasteiger partial charge in [0.2, 0.25) is 5.91 Å². The Balaban J connectivity index is 1.44. The van der Waals surface area contributed by atoms with Gasteiger partial charge >= 0.3 is 0 Å². The van der Waals surface area contributed by atoms with Crippen molar-refractivity contribution in [1.82, 2.24) is 20.1 Å². The van der Waals surface area contributed by atoms with Crippen molar-refractivity contribution in [3.05, 3.63) is 41.7 Å². The molecule has 1 heterocycles. The van der Waals surface area contributed by atoms with Gasteiger partial charge in [-0.2, -0.15) is 0 Å². The second-order valence-electron chi connectivity index (χ2n) is 7.41. The number of rotatable bonds is 7. The Morgan fingerprint density at radius 2 is 1.84 bits per heavy atom. The molecule has 25 heavy (non-hydrogen) atoms. The van der Waals surface area contributed by atoms with Crippen molar-refractivity contribution in [2.45, 2.75) is 66.9 Å². The molecule has 1 unspecified atom stereocenters. The maximum Gasteiger partial charge on any atom is 0.238 e. The van der Waals surface area contributed by atoms with E-state index in [9.17, 15) is 4.79 Å². The van der Waals surface area contributed by atoms with E-state index in [2.05, 4.69) is 20.1 Å². The maximum absolute atomic E-state index is 12.9. The van der Waals surface area contributed by atoms with Gasteiger partial charge in [-0.25, -0.2) is 0 Å². The zero-order chi connectivity index (χ0) is 16.8. The van der Waals surface area contributed by atoms with Crippen LogP contribution >= 0.6 is 11.8 Å². The standard InChI is InChI=1S/C19H22N4OS/c24-18(20-14-8-9-14)16(12-4-2-1-3-5-12)25-19-22-21-17(13-6-7-13)23(19)15-10-11-15/h1-5,13-16H,6-11H2,(H,20,24). The lowest BCUT2D eigenvalue weighted by molar-refractivity contribution is -0.120. The molecule has 1 N–H and O–H groups in total. The first-order valence-corrected chi connectivity index (χ1v) is 10.1. The third kappa shape index (κ3) is 3.32. The highest BCUT2D eigenvalue weighted by Crippen LogP contribution is 2.47. The van der Waals surface area contributed by atoms with Gasteiger partial charge in [0.05, 0.1) is 0 Å². The summed E-state index contributed by atoms with van der Waals surface area (Å²) in [5.41, 5.74) is 1.03. The molecule has 0 radical (unpaired) electrons. The first kappa shape index (κ1) is 15.4. The van der Waals surface area contributed by atoms with E-state index >= 15 is 0 Å². The Kier molecular flexibility index (Phi) is 3.81. The van der Waals surface area contributed by atoms with E-state index in [0.717, 1.165) is 29.4 Å². The predicted molar refractivity (Wildman–Crippen MR) is 96.5 cm³/mol. The molecular weight excluding hydrogens is 332 g/mol. The molecule has 0 aliphatic heterocycles. The number of benzene rings is 1. The van der Waals surface area contributed by atoms with E-state index in [-0.39, 0.29) is 11.2 Å². The van der Waals surface area contributed by atoms with Gasteiger partial charge in [0.1, 0.15) is 11.1 Å². The number of thioether (sulfide) groups is 1. The molecule has 3 aliphatic rings. The largest absolute Gasteiger partial charge is 0.352 e. The van der Waals surface area contributed by atoms with Crippen LogP contribution in [-0.2, 0) is 4.79 Å². The third-order valence-electron chi connectivity index (χ3n) is 5.03. The van der Waals surface area contributed by atoms with Crippen LogP contribution in [0.25, 0.3) is 0 Å². The van der Waals surface area contributed by atoms with E-state index in [4.69, 9.17) is 0 Å². The molecular formula is C19H22N4OS. The summed E-state index contributed by atoms with van der Waals surface area (Å²) >= 11 is 1.56. The Bertz CT molecular complexity index is 778. The number of carbonyl (C=O) groups excluding carboxylic acids is 1. The van der Waals surface area contributed by atoms with Gasteiger partial charge in [-0.15, -0.1) is 10.2 Å². The van der Waals surface area contributed by atoms with Crippen LogP contribution in [-0.4, -0.2) is 26.7 Å². The number of hydrogen-bond donors (Lipinski definition) is 1. The van der Waals surface area contributed by atoms with Gasteiger partial charge in [-0.05, 0) is 44.1 Å². The van der Waals surface area contributed by atoms with Crippen LogP contribution in [0.2, 0.25) is 0 Å². The van der Waals surface area contributed by atoms with Crippen molar-refractivity contribution in [2.75, 3.05) is 0 Å². The quantitative estimate of drug-likeness (QED) is 0.772. The minimum Gasteiger partial charge on any atom is -0.352 e. The summed E-state index contributed by atoms with van der Waals surface area (Å²) in [5.74, 6) is 1.81. The average molecular weight is 354 g/mol. The summed E-state index contributed by atoms with van der Waals surface area (Å²) < 4.78 is 2.32. The third-order valence-corrected chi connectivity index (χ3v) is 6.24. The van der Waals surface area contributed by atoms with Crippen molar-refractivity contribution < 1.29 is 4.79 Å². The van der Waals surface area contributed by atoms with E-state index in [0.29, 0.717) is 18.0 Å². The maximum atomic E-state index is 12.9. The lowest BCUT2D eigenvalue weighted by Gasteiger charge is -2.17. The SMILES string of the molecule is O=C(NC1CC1)C(Sc1nnc(C2CC2)n1C1CC1)c1ccccc1. The number of aromatic nitrogens is 3. The van der Waals surface area contributed by atoms with E-state index < -0.39 is 0 Å². The van der Waals surface area contributed by atoms with Crippen molar-refractivity contribution in [2.24, 2.45) is 0 Å². The van der Waals surface area contributed by atoms with Crippen LogP contribution in [0.4, 0.5) is 0 Å². The Hall–Kier alpha value is -1.82. The van der Waals surface area contributed by atoms with Crippen LogP contribution in [0.15, 0.2) is 35.5 Å². The van der Waals surface area contributed by atoms with Crippen molar-refractivity contribution in [1.29, 1.82) is 0 Å². The molecule has 1 aromatic carbocycles. The average Bonchev–Trinajstić information content (AvgIpc) is 3.48. The molecule has 130 valence electrons. The predicted octanol–water partition coefficient (Wildman–Crippen LogP) is 3.60. The fraction of sp³-hybridized carbons (Fsp3) is 0.526. The summed E-state index contributed by atoms with van der Waals surface area (Å²) in [6.07, 6.45) is 7.05. The van der Waals surface area contributed by atoms with E-state index in [1.807, 2.05) is 30.3 Å². The molecule has 3 saturated carbocycles. The number of nitrogens with zero attached hydrogens (tertiary/aromatic N) is 3. The normalized spacial score (nSPS) is 21.1. The molecule has 1 amide bonds. The minimum atomic E-state index is -0.268. The summed E-state index contributed by atoms with van der Waals surface area (Å²) in [6.45, 7) is 0. The lowest BCUT2D eigenvalue weighted by atomic mass is 10.1. The molecule has 6 heteroatoms. The van der Waals surface area contributed by atoms with E-state index in [1.165, 1.54) is 25.7 Å². The smallest absolute Gasteiger partial charge is 0.238 e. The van der Waals surface area contributed by atoms with Gasteiger partial charge in [0.15, 0.2) is 5.16 Å². The fourth-order valence-electron chi connectivity index (χ4n) is 3.18. The molecule has 5 rings (SSSR count). The second kappa shape index (κ2) is 6.16. The zero-order valence-electron chi connectivity index (χ0n) is 14.1. The highest BCUT2D eigenvalue weighted by Gasteiger charge is 2.38. The van der Waals surface area contributed by atoms with Crippen LogP contribution in [0.1, 0.15) is 67.1 Å². The van der Waals surface area contributed by atoms with Crippen molar-refractivity contribution in [3.63, 3.8) is 0 Å². The summed E-state index contributed by atoms with van der Waals surface area (Å²) in [5, 5.41) is 12.8. The number of carbonyl (C=O) groups is 1. The first-order valence-electron chi connectivity index (χ1n) is 9.26. The summed E-state index contributed by atoms with van der Waals surface area (Å²) in [4.78, 5) is 12.9. The zero-order valence-corrected chi connectivity index (χ0v) is 14.9. The van der Waals surface area contributed by atoms with Gasteiger partial charge in [0, 0.05) is 18.0 Å². The van der Waals surface area contributed by atoms with Gasteiger partial charge < -0.3 is 9.88 Å². The second-order valence-corrected chi connectivity index (χ2v) is 8.48. The molecule has 1 aromatic heterocycles. The Morgan fingerprint density at radius 3 is 2.48 bits per heavy atom. The summed E-state index contributed by atoms with van der Waals surface area (Å²) in [6, 6.07) is 10.9. The van der Waals surface area contributed by atoms with Gasteiger partial charge in [-0.1, -0.05) is 42.1 Å². The van der Waals surface area contributed by atoms with Crippen molar-refractivity contribution >= 4 is 17.7 Å². The fourth-order valence-corrected chi connectivity index (χ4v) is 4.30. The minimum absolute atomic E-state index is 0.0945. The Morgan fingerprint density at radius 1 is 1.08 bits per heavy atom. The molecule has 1 atom stereocenters. The van der Waals surface area contributed by atoms with E-state index in [1.54, 1.807) is 11.8 Å². The van der Waals surface area contributed by atoms with Crippen LogP contribution in [0.5, 0.6) is 0 Å². The lowest BCUT2D eigenvalue weighted by Crippen LogP contribution is -2.30. The molecule has 0 bridgehead atoms. The molecule has 3 fully saturated rings. The van der Waals surface area contributed by atoms with Gasteiger partial charge in [0.25, 0.3) is 0 Å². The molecule has 2 aromatic rings. The first-order chi connectivity index (χ1) is 12.3. The van der Waals surface area contributed by atoms with Gasteiger partial charge in [-0.3, -0.25) is 4.79 Å². The molecule has 0 spiro atoms. The molecule has 3 aliphatic carbocycles. The molecule has 5 nitrogen and oxygen atoms in total. The Labute approximate surface area is 151 Å². The number of amides is 1. The van der Waals surface area contributed by atoms with Crippen LogP contribution < -0.4 is 5.32 Å². The topological polar surface area (TPSA) is 59.8 Å². The summed E-state index contributed by atoms with van der Waals surface area (Å²) in [7, 11) is 0. The highest BCUT2D eigenvalue weighted by molar-refractivity contribution is 8.00. The van der Waals surface area contributed by atoms with Crippen LogP contribution in [0, 0.1) is 0 Å². The highest BCUT2D eigenvalue weighted by atomic mass is 32.2. The van der Waals surface area contributed by atoms with Crippen LogP contribution in [0.3, 0.4) is 0 Å². The number of hydrogen-bond acceptors (Lipinski definition) is 4. The van der Waals surface area contributed by atoms with Crippen molar-refractivity contribution in [3.8, 4) is 0 Å². The monoisotopic (exact) mass is 354 g/mol.